The van der Waals surface area contributed by atoms with Gasteiger partial charge in [-0.1, -0.05) is 23.4 Å². The first-order valence-corrected chi connectivity index (χ1v) is 7.73. The molecule has 5 nitrogen and oxygen atoms in total. The van der Waals surface area contributed by atoms with Gasteiger partial charge in [0.2, 0.25) is 10.0 Å². The quantitative estimate of drug-likeness (QED) is 0.799. The van der Waals surface area contributed by atoms with Crippen molar-refractivity contribution in [1.82, 2.24) is 4.31 Å². The summed E-state index contributed by atoms with van der Waals surface area (Å²) in [6.45, 7) is 1.72. The Morgan fingerprint density at radius 2 is 2.15 bits per heavy atom. The Kier molecular flexibility index (Phi) is 5.99. The molecular weight excluding hydrogens is 300 g/mol. The Morgan fingerprint density at radius 3 is 2.65 bits per heavy atom. The van der Waals surface area contributed by atoms with Crippen molar-refractivity contribution >= 4 is 21.6 Å². The molecule has 0 bridgehead atoms. The lowest BCUT2D eigenvalue weighted by atomic mass is 10.2. The van der Waals surface area contributed by atoms with Gasteiger partial charge in [0.05, 0.1) is 17.7 Å². The number of sulfonamides is 1. The highest BCUT2D eigenvalue weighted by molar-refractivity contribution is 7.89. The van der Waals surface area contributed by atoms with E-state index >= 15 is 0 Å². The van der Waals surface area contributed by atoms with Gasteiger partial charge in [-0.2, -0.15) is 4.31 Å². The number of hydrogen-bond donors (Lipinski definition) is 2. The second kappa shape index (κ2) is 7.07. The maximum atomic E-state index is 12.3. The second-order valence-corrected chi connectivity index (χ2v) is 6.71. The summed E-state index contributed by atoms with van der Waals surface area (Å²) in [5.41, 5.74) is 5.86. The molecule has 0 aliphatic carbocycles. The number of nitrogens with zero attached hydrogens (tertiary/aromatic N) is 1. The minimum atomic E-state index is -3.73. The largest absolute Gasteiger partial charge is 0.392 e. The SMILES string of the molecule is CC(O)CN(C)S(=O)(=O)c1ccc(C#CCN)cc1Cl. The van der Waals surface area contributed by atoms with Crippen molar-refractivity contribution < 1.29 is 13.5 Å². The lowest BCUT2D eigenvalue weighted by Gasteiger charge is -2.19. The van der Waals surface area contributed by atoms with Crippen molar-refractivity contribution in [3.8, 4) is 11.8 Å². The molecule has 0 fully saturated rings. The Morgan fingerprint density at radius 1 is 1.50 bits per heavy atom. The zero-order valence-corrected chi connectivity index (χ0v) is 12.9. The van der Waals surface area contributed by atoms with E-state index in [-0.39, 0.29) is 23.0 Å². The summed E-state index contributed by atoms with van der Waals surface area (Å²) in [5, 5.41) is 9.36. The van der Waals surface area contributed by atoms with Crippen molar-refractivity contribution in [1.29, 1.82) is 0 Å². The Balaban J connectivity index is 3.14. The minimum Gasteiger partial charge on any atom is -0.392 e. The van der Waals surface area contributed by atoms with E-state index in [1.807, 2.05) is 0 Å². The van der Waals surface area contributed by atoms with Crippen molar-refractivity contribution in [2.45, 2.75) is 17.9 Å². The van der Waals surface area contributed by atoms with E-state index in [1.165, 1.54) is 26.1 Å². The molecule has 0 saturated heterocycles. The van der Waals surface area contributed by atoms with Gasteiger partial charge in [0.15, 0.2) is 0 Å². The highest BCUT2D eigenvalue weighted by Gasteiger charge is 2.24. The normalized spacial score (nSPS) is 12.9. The molecule has 0 aromatic heterocycles. The monoisotopic (exact) mass is 316 g/mol. The fourth-order valence-electron chi connectivity index (χ4n) is 1.58. The highest BCUT2D eigenvalue weighted by Crippen LogP contribution is 2.25. The average Bonchev–Trinajstić information content (AvgIpc) is 2.35. The number of halogens is 1. The molecule has 7 heteroatoms. The fourth-order valence-corrected chi connectivity index (χ4v) is 3.35. The van der Waals surface area contributed by atoms with Crippen LogP contribution in [0.2, 0.25) is 5.02 Å². The maximum absolute atomic E-state index is 12.3. The van der Waals surface area contributed by atoms with E-state index in [0.29, 0.717) is 5.56 Å². The summed E-state index contributed by atoms with van der Waals surface area (Å²) in [6, 6.07) is 4.45. The van der Waals surface area contributed by atoms with Crippen molar-refractivity contribution in [3.05, 3.63) is 28.8 Å². The molecule has 110 valence electrons. The molecule has 0 aliphatic heterocycles. The van der Waals surface area contributed by atoms with E-state index in [1.54, 1.807) is 6.07 Å². The lowest BCUT2D eigenvalue weighted by molar-refractivity contribution is 0.171. The maximum Gasteiger partial charge on any atom is 0.244 e. The number of aliphatic hydroxyl groups is 1. The van der Waals surface area contributed by atoms with Crippen LogP contribution in [-0.2, 0) is 10.0 Å². The number of hydrogen-bond acceptors (Lipinski definition) is 4. The van der Waals surface area contributed by atoms with E-state index < -0.39 is 16.1 Å². The zero-order valence-electron chi connectivity index (χ0n) is 11.3. The van der Waals surface area contributed by atoms with E-state index in [2.05, 4.69) is 11.8 Å². The van der Waals surface area contributed by atoms with Gasteiger partial charge >= 0.3 is 0 Å². The van der Waals surface area contributed by atoms with Crippen LogP contribution in [0.1, 0.15) is 12.5 Å². The lowest BCUT2D eigenvalue weighted by Crippen LogP contribution is -2.33. The molecule has 1 aromatic carbocycles. The summed E-state index contributed by atoms with van der Waals surface area (Å²) in [5.74, 6) is 5.44. The van der Waals surface area contributed by atoms with Crippen molar-refractivity contribution in [2.75, 3.05) is 20.1 Å². The molecular formula is C13H17ClN2O3S. The molecule has 3 N–H and O–H groups in total. The van der Waals surface area contributed by atoms with Gasteiger partial charge in [-0.25, -0.2) is 8.42 Å². The van der Waals surface area contributed by atoms with Crippen molar-refractivity contribution in [3.63, 3.8) is 0 Å². The van der Waals surface area contributed by atoms with E-state index in [4.69, 9.17) is 17.3 Å². The molecule has 0 saturated carbocycles. The Labute approximate surface area is 124 Å². The first-order chi connectivity index (χ1) is 9.28. The predicted molar refractivity (Wildman–Crippen MR) is 78.9 cm³/mol. The number of aliphatic hydroxyl groups excluding tert-OH is 1. The first-order valence-electron chi connectivity index (χ1n) is 5.92. The van der Waals surface area contributed by atoms with Gasteiger partial charge in [0, 0.05) is 19.2 Å². The number of rotatable bonds is 4. The summed E-state index contributed by atoms with van der Waals surface area (Å²) in [4.78, 5) is -0.0133. The molecule has 0 heterocycles. The first kappa shape index (κ1) is 17.0. The van der Waals surface area contributed by atoms with Crippen LogP contribution >= 0.6 is 11.6 Å². The second-order valence-electron chi connectivity index (χ2n) is 4.29. The van der Waals surface area contributed by atoms with Crippen LogP contribution in [0.3, 0.4) is 0 Å². The van der Waals surface area contributed by atoms with E-state index in [9.17, 15) is 13.5 Å². The molecule has 1 aromatic rings. The third-order valence-corrected chi connectivity index (χ3v) is 4.78. The van der Waals surface area contributed by atoms with Gasteiger partial charge < -0.3 is 10.8 Å². The van der Waals surface area contributed by atoms with Gasteiger partial charge in [0.1, 0.15) is 4.90 Å². The Bertz CT molecular complexity index is 633. The smallest absolute Gasteiger partial charge is 0.244 e. The van der Waals surface area contributed by atoms with Crippen LogP contribution < -0.4 is 5.73 Å². The van der Waals surface area contributed by atoms with Gasteiger partial charge in [-0.15, -0.1) is 0 Å². The number of likely N-dealkylation sites (N-methyl/N-ethyl adjacent to an activating group) is 1. The van der Waals surface area contributed by atoms with Gasteiger partial charge in [-0.05, 0) is 25.1 Å². The minimum absolute atomic E-state index is 0.00655. The van der Waals surface area contributed by atoms with E-state index in [0.717, 1.165) is 4.31 Å². The Hall–Kier alpha value is -1.10. The van der Waals surface area contributed by atoms with Crippen LogP contribution in [0, 0.1) is 11.8 Å². The summed E-state index contributed by atoms with van der Waals surface area (Å²) in [6.07, 6.45) is -0.761. The zero-order chi connectivity index (χ0) is 15.3. The molecule has 1 unspecified atom stereocenters. The highest BCUT2D eigenvalue weighted by atomic mass is 35.5. The molecule has 1 rings (SSSR count). The molecule has 0 amide bonds. The topological polar surface area (TPSA) is 83.6 Å². The number of nitrogens with two attached hydrogens (primary N) is 1. The van der Waals surface area contributed by atoms with Gasteiger partial charge in [0.25, 0.3) is 0 Å². The summed E-state index contributed by atoms with van der Waals surface area (Å²) < 4.78 is 25.6. The third-order valence-electron chi connectivity index (χ3n) is 2.48. The van der Waals surface area contributed by atoms with Crippen LogP contribution in [0.25, 0.3) is 0 Å². The van der Waals surface area contributed by atoms with Crippen LogP contribution in [0.4, 0.5) is 0 Å². The fraction of sp³-hybridized carbons (Fsp3) is 0.385. The van der Waals surface area contributed by atoms with Crippen LogP contribution in [0.5, 0.6) is 0 Å². The standard InChI is InChI=1S/C13H17ClN2O3S/c1-10(17)9-16(2)20(18,19)13-6-5-11(4-3-7-15)8-12(13)14/h5-6,8,10,17H,7,9,15H2,1-2H3. The van der Waals surface area contributed by atoms with Gasteiger partial charge in [-0.3, -0.25) is 0 Å². The molecule has 0 aliphatic rings. The molecule has 0 radical (unpaired) electrons. The third kappa shape index (κ3) is 4.20. The van der Waals surface area contributed by atoms with Crippen molar-refractivity contribution in [2.24, 2.45) is 5.73 Å². The predicted octanol–water partition coefficient (Wildman–Crippen LogP) is 0.652. The summed E-state index contributed by atoms with van der Waals surface area (Å²) in [7, 11) is -2.34. The van der Waals surface area contributed by atoms with Crippen LogP contribution in [0.15, 0.2) is 23.1 Å². The molecule has 1 atom stereocenters. The molecule has 0 spiro atoms. The summed E-state index contributed by atoms with van der Waals surface area (Å²) >= 11 is 6.01. The average molecular weight is 317 g/mol. The number of benzene rings is 1. The molecule has 20 heavy (non-hydrogen) atoms. The van der Waals surface area contributed by atoms with Crippen LogP contribution in [-0.4, -0.2) is 44.1 Å².